The summed E-state index contributed by atoms with van der Waals surface area (Å²) in [5.41, 5.74) is 2.40. The summed E-state index contributed by atoms with van der Waals surface area (Å²) in [6, 6.07) is 4.34. The molecule has 0 atom stereocenters. The molecular weight excluding hydrogens is 404 g/mol. The fourth-order valence-electron chi connectivity index (χ4n) is 3.07. The van der Waals surface area contributed by atoms with Crippen molar-refractivity contribution < 1.29 is 14.9 Å². The molecule has 0 aliphatic carbocycles. The summed E-state index contributed by atoms with van der Waals surface area (Å²) in [6.45, 7) is 15.6. The zero-order valence-corrected chi connectivity index (χ0v) is 19.0. The largest absolute Gasteiger partial charge is 0.456 e. The van der Waals surface area contributed by atoms with Gasteiger partial charge in [0.15, 0.2) is 0 Å². The number of ether oxygens (including phenoxy) is 1. The molecule has 0 saturated heterocycles. The van der Waals surface area contributed by atoms with Crippen molar-refractivity contribution in [3.05, 3.63) is 55.9 Å². The summed E-state index contributed by atoms with van der Waals surface area (Å²) in [7, 11) is 0. The van der Waals surface area contributed by atoms with Gasteiger partial charge in [-0.1, -0.05) is 13.2 Å². The fourth-order valence-corrected chi connectivity index (χ4v) is 5.01. The zero-order chi connectivity index (χ0) is 21.2. The molecule has 0 amide bonds. The lowest BCUT2D eigenvalue weighted by atomic mass is 10.1. The first-order valence-electron chi connectivity index (χ1n) is 9.84. The van der Waals surface area contributed by atoms with E-state index in [0.717, 1.165) is 35.7 Å². The molecule has 29 heavy (non-hydrogen) atoms. The van der Waals surface area contributed by atoms with Crippen molar-refractivity contribution in [1.82, 2.24) is 10.6 Å². The van der Waals surface area contributed by atoms with Crippen molar-refractivity contribution in [2.24, 2.45) is 0 Å². The Balaban J connectivity index is 2.03. The number of nitrogens with one attached hydrogen (secondary N) is 2. The minimum absolute atomic E-state index is 0.142. The van der Waals surface area contributed by atoms with E-state index >= 15 is 0 Å². The van der Waals surface area contributed by atoms with E-state index in [4.69, 9.17) is 14.9 Å². The zero-order valence-electron chi connectivity index (χ0n) is 17.3. The number of aryl methyl sites for hydroxylation is 2. The van der Waals surface area contributed by atoms with Gasteiger partial charge in [-0.15, -0.1) is 22.7 Å². The van der Waals surface area contributed by atoms with Crippen LogP contribution >= 0.6 is 22.7 Å². The maximum Gasteiger partial charge on any atom is 0.137 e. The first kappa shape index (κ1) is 23.8. The third kappa shape index (κ3) is 7.37. The molecular formula is C22H32N2O3S2. The molecule has 0 aliphatic heterocycles. The number of rotatable bonds is 14. The van der Waals surface area contributed by atoms with Crippen molar-refractivity contribution in [2.45, 2.75) is 26.7 Å². The highest BCUT2D eigenvalue weighted by Gasteiger charge is 2.16. The molecule has 4 N–H and O–H groups in total. The first-order chi connectivity index (χ1) is 14.0. The van der Waals surface area contributed by atoms with Gasteiger partial charge in [0.05, 0.1) is 23.0 Å². The van der Waals surface area contributed by atoms with Gasteiger partial charge < -0.3 is 25.6 Å². The Bertz CT molecular complexity index is 745. The summed E-state index contributed by atoms with van der Waals surface area (Å²) in [5.74, 6) is 1.25. The normalized spacial score (nSPS) is 11.0. The Morgan fingerprint density at radius 1 is 0.828 bits per heavy atom. The van der Waals surface area contributed by atoms with E-state index in [9.17, 15) is 0 Å². The number of hydrogen-bond acceptors (Lipinski definition) is 7. The van der Waals surface area contributed by atoms with Crippen LogP contribution in [-0.2, 0) is 17.6 Å². The van der Waals surface area contributed by atoms with E-state index in [0.29, 0.717) is 24.6 Å². The molecule has 0 fully saturated rings. The van der Waals surface area contributed by atoms with Crippen molar-refractivity contribution in [3.8, 4) is 0 Å². The molecule has 0 spiro atoms. The van der Waals surface area contributed by atoms with Gasteiger partial charge in [0, 0.05) is 22.8 Å². The van der Waals surface area contributed by atoms with Crippen molar-refractivity contribution in [2.75, 3.05) is 39.4 Å². The van der Waals surface area contributed by atoms with E-state index < -0.39 is 0 Å². The lowest BCUT2D eigenvalue weighted by Crippen LogP contribution is -2.21. The number of aliphatic hydroxyl groups excluding tert-OH is 2. The summed E-state index contributed by atoms with van der Waals surface area (Å²) < 4.78 is 6.10. The van der Waals surface area contributed by atoms with Gasteiger partial charge in [0.1, 0.15) is 11.5 Å². The van der Waals surface area contributed by atoms with Crippen LogP contribution in [0.3, 0.4) is 0 Å². The molecule has 0 aromatic carbocycles. The van der Waals surface area contributed by atoms with Gasteiger partial charge in [0.25, 0.3) is 0 Å². The molecule has 2 aromatic heterocycles. The molecule has 0 aliphatic rings. The van der Waals surface area contributed by atoms with Gasteiger partial charge >= 0.3 is 0 Å². The van der Waals surface area contributed by atoms with Crippen molar-refractivity contribution in [1.29, 1.82) is 0 Å². The Hall–Kier alpha value is -1.48. The van der Waals surface area contributed by atoms with Crippen molar-refractivity contribution in [3.63, 3.8) is 0 Å². The third-order valence-electron chi connectivity index (χ3n) is 4.34. The average molecular weight is 437 g/mol. The predicted molar refractivity (Wildman–Crippen MR) is 125 cm³/mol. The second-order valence-electron chi connectivity index (χ2n) is 6.82. The highest BCUT2D eigenvalue weighted by Crippen LogP contribution is 2.35. The lowest BCUT2D eigenvalue weighted by molar-refractivity contribution is 0.292. The third-order valence-corrected chi connectivity index (χ3v) is 6.60. The summed E-state index contributed by atoms with van der Waals surface area (Å²) in [4.78, 5) is 4.54. The van der Waals surface area contributed by atoms with Crippen LogP contribution in [0.2, 0.25) is 0 Å². The molecule has 0 radical (unpaired) electrons. The smallest absolute Gasteiger partial charge is 0.137 e. The minimum atomic E-state index is 0.142. The fraction of sp³-hybridized carbons (Fsp3) is 0.455. The Labute approximate surface area is 181 Å². The number of aliphatic hydroxyl groups is 2. The van der Waals surface area contributed by atoms with E-state index in [-0.39, 0.29) is 13.2 Å². The van der Waals surface area contributed by atoms with Crippen LogP contribution in [0.4, 0.5) is 0 Å². The van der Waals surface area contributed by atoms with Gasteiger partial charge in [-0.2, -0.15) is 0 Å². The molecule has 7 heteroatoms. The maximum atomic E-state index is 8.90. The van der Waals surface area contributed by atoms with Gasteiger partial charge in [-0.25, -0.2) is 0 Å². The number of hydrogen-bond donors (Lipinski definition) is 4. The molecule has 2 rings (SSSR count). The Kier molecular flexibility index (Phi) is 10.1. The number of thiophene rings is 2. The standard InChI is InChI=1S/C22H32N2O3S2/c1-15-13-19(5-7-23-9-11-25)21(28-15)17(3)27-18(4)22-20(14-16(2)29-22)6-8-24-10-12-26/h13-14,23-26H,3-12H2,1-2H3. The predicted octanol–water partition coefficient (Wildman–Crippen LogP) is 3.33. The second-order valence-corrected chi connectivity index (χ2v) is 9.33. The second kappa shape index (κ2) is 12.3. The van der Waals surface area contributed by atoms with Crippen LogP contribution in [0.25, 0.3) is 11.5 Å². The highest BCUT2D eigenvalue weighted by atomic mass is 32.1. The molecule has 0 saturated carbocycles. The van der Waals surface area contributed by atoms with Crippen molar-refractivity contribution >= 4 is 34.2 Å². The van der Waals surface area contributed by atoms with Gasteiger partial charge in [-0.05, 0) is 63.0 Å². The van der Waals surface area contributed by atoms with E-state index in [2.05, 4.69) is 49.8 Å². The summed E-state index contributed by atoms with van der Waals surface area (Å²) >= 11 is 3.36. The average Bonchev–Trinajstić information content (AvgIpc) is 3.24. The van der Waals surface area contributed by atoms with Crippen LogP contribution < -0.4 is 10.6 Å². The topological polar surface area (TPSA) is 73.8 Å². The monoisotopic (exact) mass is 436 g/mol. The molecule has 160 valence electrons. The van der Waals surface area contributed by atoms with Crippen LogP contribution in [-0.4, -0.2) is 49.6 Å². The van der Waals surface area contributed by atoms with E-state index in [1.807, 2.05) is 0 Å². The SMILES string of the molecule is C=C(OC(=C)c1sc(C)cc1CCNCCO)c1sc(C)cc1CCNCCO. The summed E-state index contributed by atoms with van der Waals surface area (Å²) in [6.07, 6.45) is 1.71. The first-order valence-corrected chi connectivity index (χ1v) is 11.5. The highest BCUT2D eigenvalue weighted by molar-refractivity contribution is 7.13. The van der Waals surface area contributed by atoms with Gasteiger partial charge in [-0.3, -0.25) is 0 Å². The molecule has 0 unspecified atom stereocenters. The van der Waals surface area contributed by atoms with Gasteiger partial charge in [0.2, 0.25) is 0 Å². The Morgan fingerprint density at radius 3 is 1.62 bits per heavy atom. The lowest BCUT2D eigenvalue weighted by Gasteiger charge is -2.13. The van der Waals surface area contributed by atoms with E-state index in [1.54, 1.807) is 22.7 Å². The van der Waals surface area contributed by atoms with Crippen LogP contribution in [0.15, 0.2) is 25.3 Å². The van der Waals surface area contributed by atoms with E-state index in [1.165, 1.54) is 20.9 Å². The maximum absolute atomic E-state index is 8.90. The molecule has 2 heterocycles. The van der Waals surface area contributed by atoms with Crippen LogP contribution in [0.5, 0.6) is 0 Å². The van der Waals surface area contributed by atoms with Crippen LogP contribution in [0.1, 0.15) is 30.6 Å². The Morgan fingerprint density at radius 2 is 1.24 bits per heavy atom. The quantitative estimate of drug-likeness (QED) is 0.270. The molecule has 0 bridgehead atoms. The minimum Gasteiger partial charge on any atom is -0.456 e. The molecule has 5 nitrogen and oxygen atoms in total. The summed E-state index contributed by atoms with van der Waals surface area (Å²) in [5, 5.41) is 24.2. The van der Waals surface area contributed by atoms with Crippen LogP contribution in [0, 0.1) is 13.8 Å². The molecule has 2 aromatic rings.